The van der Waals surface area contributed by atoms with Crippen LogP contribution >= 0.6 is 0 Å². The van der Waals surface area contributed by atoms with E-state index in [0.717, 1.165) is 33.5 Å². The Hall–Kier alpha value is -4.97. The van der Waals surface area contributed by atoms with Gasteiger partial charge in [-0.15, -0.1) is 0 Å². The van der Waals surface area contributed by atoms with Gasteiger partial charge in [0.15, 0.2) is 0 Å². The van der Waals surface area contributed by atoms with Crippen molar-refractivity contribution >= 4 is 17.6 Å². The smallest absolute Gasteiger partial charge is 0.309 e. The van der Waals surface area contributed by atoms with Crippen LogP contribution in [0.2, 0.25) is 0 Å². The number of rotatable bonds is 7. The first-order chi connectivity index (χ1) is 18.9. The standard InChI is InChI=1S/C33H29N3O3/c1-22-9-7-13-27(19-22)32-31(33(39-24(3)37)36(35-32)29-14-8-10-23(2)20-29)26-15-17-28(18-16-26)34-30(38)21-25-11-5-4-6-12-25/h4-20H,21H2,1-3H3,(H,34,38). The lowest BCUT2D eigenvalue weighted by molar-refractivity contribution is -0.132. The maximum atomic E-state index is 12.6. The Morgan fingerprint density at radius 2 is 1.49 bits per heavy atom. The van der Waals surface area contributed by atoms with Crippen LogP contribution in [0.15, 0.2) is 103 Å². The van der Waals surface area contributed by atoms with Gasteiger partial charge in [-0.05, 0) is 60.9 Å². The Kier molecular flexibility index (Phi) is 7.37. The second kappa shape index (κ2) is 11.2. The van der Waals surface area contributed by atoms with Crippen molar-refractivity contribution in [3.63, 3.8) is 0 Å². The van der Waals surface area contributed by atoms with Crippen LogP contribution in [0.4, 0.5) is 5.69 Å². The summed E-state index contributed by atoms with van der Waals surface area (Å²) in [6.07, 6.45) is 0.292. The average molecular weight is 516 g/mol. The van der Waals surface area contributed by atoms with Gasteiger partial charge in [-0.3, -0.25) is 9.59 Å². The lowest BCUT2D eigenvalue weighted by atomic mass is 10.00. The Morgan fingerprint density at radius 3 is 2.15 bits per heavy atom. The van der Waals surface area contributed by atoms with Crippen LogP contribution in [0.3, 0.4) is 0 Å². The van der Waals surface area contributed by atoms with Crippen LogP contribution in [-0.2, 0) is 16.0 Å². The van der Waals surface area contributed by atoms with E-state index >= 15 is 0 Å². The van der Waals surface area contributed by atoms with E-state index in [2.05, 4.69) is 11.4 Å². The zero-order valence-electron chi connectivity index (χ0n) is 22.1. The number of amides is 1. The summed E-state index contributed by atoms with van der Waals surface area (Å²) in [6.45, 7) is 5.42. The Morgan fingerprint density at radius 1 is 0.795 bits per heavy atom. The zero-order valence-corrected chi connectivity index (χ0v) is 22.1. The minimum absolute atomic E-state index is 0.0951. The first-order valence-electron chi connectivity index (χ1n) is 12.8. The highest BCUT2D eigenvalue weighted by atomic mass is 16.5. The largest absolute Gasteiger partial charge is 0.407 e. The van der Waals surface area contributed by atoms with Gasteiger partial charge in [-0.2, -0.15) is 9.78 Å². The lowest BCUT2D eigenvalue weighted by Gasteiger charge is -2.11. The minimum atomic E-state index is -0.439. The van der Waals surface area contributed by atoms with Crippen LogP contribution in [-0.4, -0.2) is 21.7 Å². The van der Waals surface area contributed by atoms with Gasteiger partial charge >= 0.3 is 5.97 Å². The minimum Gasteiger partial charge on any atom is -0.407 e. The number of hydrogen-bond donors (Lipinski definition) is 1. The van der Waals surface area contributed by atoms with Gasteiger partial charge < -0.3 is 10.1 Å². The molecule has 5 rings (SSSR count). The molecule has 0 aliphatic heterocycles. The molecule has 0 bridgehead atoms. The van der Waals surface area contributed by atoms with E-state index in [1.165, 1.54) is 6.92 Å². The van der Waals surface area contributed by atoms with Gasteiger partial charge in [0.25, 0.3) is 0 Å². The van der Waals surface area contributed by atoms with Gasteiger partial charge in [0.2, 0.25) is 11.8 Å². The summed E-state index contributed by atoms with van der Waals surface area (Å²) < 4.78 is 7.49. The van der Waals surface area contributed by atoms with Crippen molar-refractivity contribution in [3.05, 3.63) is 120 Å². The van der Waals surface area contributed by atoms with Gasteiger partial charge in [0.1, 0.15) is 5.69 Å². The first-order valence-corrected chi connectivity index (χ1v) is 12.8. The number of nitrogens with zero attached hydrogens (tertiary/aromatic N) is 2. The third-order valence-corrected chi connectivity index (χ3v) is 6.29. The maximum absolute atomic E-state index is 12.6. The molecule has 0 radical (unpaired) electrons. The molecule has 39 heavy (non-hydrogen) atoms. The summed E-state index contributed by atoms with van der Waals surface area (Å²) in [4.78, 5) is 24.9. The van der Waals surface area contributed by atoms with Gasteiger partial charge in [0, 0.05) is 18.2 Å². The molecule has 194 valence electrons. The van der Waals surface area contributed by atoms with Crippen molar-refractivity contribution in [3.8, 4) is 34.0 Å². The normalized spacial score (nSPS) is 10.7. The third-order valence-electron chi connectivity index (χ3n) is 6.29. The number of nitrogens with one attached hydrogen (secondary N) is 1. The molecular formula is C33H29N3O3. The van der Waals surface area contributed by atoms with Gasteiger partial charge in [0.05, 0.1) is 17.7 Å². The fourth-order valence-electron chi connectivity index (χ4n) is 4.53. The van der Waals surface area contributed by atoms with Crippen molar-refractivity contribution in [2.75, 3.05) is 5.32 Å². The fourth-order valence-corrected chi connectivity index (χ4v) is 4.53. The third kappa shape index (κ3) is 5.96. The molecule has 0 atom stereocenters. The fraction of sp³-hybridized carbons (Fsp3) is 0.121. The van der Waals surface area contributed by atoms with Crippen LogP contribution < -0.4 is 10.1 Å². The van der Waals surface area contributed by atoms with Crippen molar-refractivity contribution in [1.29, 1.82) is 0 Å². The Bertz CT molecular complexity index is 1640. The highest BCUT2D eigenvalue weighted by Crippen LogP contribution is 2.41. The van der Waals surface area contributed by atoms with Crippen molar-refractivity contribution in [1.82, 2.24) is 9.78 Å². The second-order valence-corrected chi connectivity index (χ2v) is 9.53. The van der Waals surface area contributed by atoms with Crippen LogP contribution in [0.25, 0.3) is 28.1 Å². The summed E-state index contributed by atoms with van der Waals surface area (Å²) in [5, 5.41) is 7.91. The monoisotopic (exact) mass is 515 g/mol. The van der Waals surface area contributed by atoms with Crippen LogP contribution in [0.1, 0.15) is 23.6 Å². The number of esters is 1. The van der Waals surface area contributed by atoms with E-state index < -0.39 is 5.97 Å². The van der Waals surface area contributed by atoms with E-state index in [1.807, 2.05) is 111 Å². The molecule has 0 unspecified atom stereocenters. The molecule has 4 aromatic carbocycles. The molecular weight excluding hydrogens is 486 g/mol. The SMILES string of the molecule is CC(=O)Oc1c(-c2ccc(NC(=O)Cc3ccccc3)cc2)c(-c2cccc(C)c2)nn1-c1cccc(C)c1. The summed E-state index contributed by atoms with van der Waals surface area (Å²) in [6, 6.07) is 33.1. The molecule has 6 nitrogen and oxygen atoms in total. The first kappa shape index (κ1) is 25.7. The number of hydrogen-bond acceptors (Lipinski definition) is 4. The summed E-state index contributed by atoms with van der Waals surface area (Å²) in [5.41, 5.74) is 7.67. The predicted octanol–water partition coefficient (Wildman–Crippen LogP) is 6.93. The van der Waals surface area contributed by atoms with Crippen LogP contribution in [0.5, 0.6) is 5.88 Å². The van der Waals surface area contributed by atoms with E-state index in [1.54, 1.807) is 4.68 Å². The molecule has 0 aliphatic rings. The molecule has 0 saturated carbocycles. The summed E-state index contributed by atoms with van der Waals surface area (Å²) in [5.74, 6) is -0.196. The van der Waals surface area contributed by atoms with E-state index in [0.29, 0.717) is 29.2 Å². The number of aromatic nitrogens is 2. The van der Waals surface area contributed by atoms with Gasteiger partial charge in [-0.1, -0.05) is 78.4 Å². The lowest BCUT2D eigenvalue weighted by Crippen LogP contribution is -2.14. The number of anilines is 1. The number of carbonyl (C=O) groups excluding carboxylic acids is 2. The highest BCUT2D eigenvalue weighted by molar-refractivity contribution is 5.93. The zero-order chi connectivity index (χ0) is 27.4. The highest BCUT2D eigenvalue weighted by Gasteiger charge is 2.24. The molecule has 1 amide bonds. The second-order valence-electron chi connectivity index (χ2n) is 9.53. The molecule has 0 saturated heterocycles. The van der Waals surface area contributed by atoms with Crippen molar-refractivity contribution < 1.29 is 14.3 Å². The molecule has 1 N–H and O–H groups in total. The van der Waals surface area contributed by atoms with E-state index in [9.17, 15) is 9.59 Å². The molecule has 1 heterocycles. The molecule has 0 fully saturated rings. The van der Waals surface area contributed by atoms with Gasteiger partial charge in [-0.25, -0.2) is 0 Å². The quantitative estimate of drug-likeness (QED) is 0.239. The molecule has 1 aromatic heterocycles. The van der Waals surface area contributed by atoms with Crippen molar-refractivity contribution in [2.45, 2.75) is 27.2 Å². The Balaban J connectivity index is 1.57. The molecule has 0 aliphatic carbocycles. The molecule has 5 aromatic rings. The number of aryl methyl sites for hydroxylation is 2. The number of carbonyl (C=O) groups is 2. The van der Waals surface area contributed by atoms with E-state index in [-0.39, 0.29) is 5.91 Å². The topological polar surface area (TPSA) is 73.2 Å². The predicted molar refractivity (Wildman–Crippen MR) is 154 cm³/mol. The number of ether oxygens (including phenoxy) is 1. The van der Waals surface area contributed by atoms with Crippen molar-refractivity contribution in [2.24, 2.45) is 0 Å². The summed E-state index contributed by atoms with van der Waals surface area (Å²) >= 11 is 0. The average Bonchev–Trinajstić information content (AvgIpc) is 3.28. The Labute approximate surface area is 227 Å². The molecule has 6 heteroatoms. The number of benzene rings is 4. The van der Waals surface area contributed by atoms with E-state index in [4.69, 9.17) is 9.84 Å². The van der Waals surface area contributed by atoms with Crippen LogP contribution in [0, 0.1) is 13.8 Å². The summed E-state index contributed by atoms with van der Waals surface area (Å²) in [7, 11) is 0. The maximum Gasteiger partial charge on any atom is 0.309 e. The molecule has 0 spiro atoms.